The first kappa shape index (κ1) is 25.6. The average molecular weight is 484 g/mol. The van der Waals surface area contributed by atoms with E-state index >= 15 is 0 Å². The second kappa shape index (κ2) is 11.9. The lowest BCUT2D eigenvalue weighted by atomic mass is 10.1. The van der Waals surface area contributed by atoms with Gasteiger partial charge in [-0.1, -0.05) is 48.5 Å². The van der Waals surface area contributed by atoms with Crippen LogP contribution in [0.4, 0.5) is 0 Å². The zero-order valence-corrected chi connectivity index (χ0v) is 20.5. The van der Waals surface area contributed by atoms with Crippen LogP contribution in [0, 0.1) is 0 Å². The molecule has 0 spiro atoms. The highest BCUT2D eigenvalue weighted by Crippen LogP contribution is 2.21. The van der Waals surface area contributed by atoms with Gasteiger partial charge in [0.15, 0.2) is 0 Å². The molecule has 0 bridgehead atoms. The van der Waals surface area contributed by atoms with Gasteiger partial charge in [-0.3, -0.25) is 9.59 Å². The number of sulfonamides is 1. The maximum Gasteiger partial charge on any atom is 0.243 e. The maximum atomic E-state index is 13.2. The Morgan fingerprint density at radius 1 is 1.06 bits per heavy atom. The van der Waals surface area contributed by atoms with Crippen LogP contribution >= 0.6 is 0 Å². The van der Waals surface area contributed by atoms with E-state index in [9.17, 15) is 18.0 Å². The second-order valence-electron chi connectivity index (χ2n) is 8.47. The quantitative estimate of drug-likeness (QED) is 0.498. The zero-order valence-electron chi connectivity index (χ0n) is 19.7. The fourth-order valence-corrected chi connectivity index (χ4v) is 5.50. The van der Waals surface area contributed by atoms with Crippen LogP contribution in [0.5, 0.6) is 0 Å². The molecule has 1 fully saturated rings. The molecule has 1 saturated heterocycles. The second-order valence-corrected chi connectivity index (χ2v) is 10.4. The molecule has 3 rings (SSSR count). The van der Waals surface area contributed by atoms with Crippen LogP contribution in [0.15, 0.2) is 72.1 Å². The predicted molar refractivity (Wildman–Crippen MR) is 132 cm³/mol. The van der Waals surface area contributed by atoms with Crippen LogP contribution in [0.3, 0.4) is 0 Å². The van der Waals surface area contributed by atoms with Gasteiger partial charge in [0.25, 0.3) is 0 Å². The number of benzene rings is 2. The van der Waals surface area contributed by atoms with Crippen molar-refractivity contribution in [1.29, 1.82) is 0 Å². The number of rotatable bonds is 11. The third kappa shape index (κ3) is 6.55. The van der Waals surface area contributed by atoms with Crippen LogP contribution in [0.1, 0.15) is 37.3 Å². The van der Waals surface area contributed by atoms with Gasteiger partial charge in [0.2, 0.25) is 21.8 Å². The van der Waals surface area contributed by atoms with Crippen LogP contribution in [-0.2, 0) is 32.6 Å². The van der Waals surface area contributed by atoms with Crippen LogP contribution in [-0.4, -0.2) is 55.1 Å². The molecule has 1 heterocycles. The highest BCUT2D eigenvalue weighted by Gasteiger charge is 2.28. The molecule has 1 N–H and O–H groups in total. The summed E-state index contributed by atoms with van der Waals surface area (Å²) in [5, 5.41) is 2.76. The number of hydrogen-bond acceptors (Lipinski definition) is 4. The van der Waals surface area contributed by atoms with Crippen molar-refractivity contribution in [3.05, 3.63) is 78.4 Å². The van der Waals surface area contributed by atoms with Crippen molar-refractivity contribution >= 4 is 21.8 Å². The first-order chi connectivity index (χ1) is 16.3. The van der Waals surface area contributed by atoms with Crippen molar-refractivity contribution < 1.29 is 18.0 Å². The van der Waals surface area contributed by atoms with Crippen LogP contribution < -0.4 is 5.32 Å². The monoisotopic (exact) mass is 483 g/mol. The Hall–Kier alpha value is -2.97. The molecule has 2 amide bonds. The minimum Gasteiger partial charge on any atom is -0.351 e. The smallest absolute Gasteiger partial charge is 0.243 e. The summed E-state index contributed by atoms with van der Waals surface area (Å²) in [7, 11) is -3.46. The van der Waals surface area contributed by atoms with Crippen LogP contribution in [0.2, 0.25) is 0 Å². The highest BCUT2D eigenvalue weighted by atomic mass is 32.2. The van der Waals surface area contributed by atoms with Gasteiger partial charge >= 0.3 is 0 Å². The van der Waals surface area contributed by atoms with Crippen LogP contribution in [0.25, 0.3) is 0 Å². The van der Waals surface area contributed by atoms with E-state index in [2.05, 4.69) is 11.9 Å². The fourth-order valence-electron chi connectivity index (χ4n) is 3.98. The molecule has 0 unspecified atom stereocenters. The highest BCUT2D eigenvalue weighted by molar-refractivity contribution is 7.89. The van der Waals surface area contributed by atoms with E-state index in [1.807, 2.05) is 30.3 Å². The Kier molecular flexibility index (Phi) is 9.01. The Bertz CT molecular complexity index is 1080. The maximum absolute atomic E-state index is 13.2. The first-order valence-electron chi connectivity index (χ1n) is 11.6. The number of aryl methyl sites for hydroxylation is 1. The van der Waals surface area contributed by atoms with Gasteiger partial charge in [0.1, 0.15) is 6.04 Å². The lowest BCUT2D eigenvalue weighted by molar-refractivity contribution is -0.140. The van der Waals surface area contributed by atoms with Crippen molar-refractivity contribution in [2.24, 2.45) is 0 Å². The fraction of sp³-hybridized carbons (Fsp3) is 0.385. The molecule has 1 aliphatic heterocycles. The Morgan fingerprint density at radius 3 is 2.32 bits per heavy atom. The molecule has 2 aromatic rings. The standard InChI is InChI=1S/C26H33N3O4S/c1-3-17-27-26(31)21(2)29(20-23-9-5-4-6-10-23)25(30)16-13-22-11-14-24(15-12-22)34(32,33)28-18-7-8-19-28/h3-6,9-12,14-15,21H,1,7-8,13,16-20H2,2H3,(H,27,31)/t21-/m0/s1. The van der Waals surface area contributed by atoms with Crippen molar-refractivity contribution in [3.8, 4) is 0 Å². The summed E-state index contributed by atoms with van der Waals surface area (Å²) >= 11 is 0. The molecule has 8 heteroatoms. The Morgan fingerprint density at radius 2 is 1.71 bits per heavy atom. The third-order valence-electron chi connectivity index (χ3n) is 6.04. The van der Waals surface area contributed by atoms with Gasteiger partial charge in [-0.2, -0.15) is 4.31 Å². The molecule has 1 atom stereocenters. The Labute approximate surface area is 202 Å². The summed E-state index contributed by atoms with van der Waals surface area (Å²) in [6, 6.07) is 15.7. The molecule has 0 radical (unpaired) electrons. The number of carbonyl (C=O) groups excluding carboxylic acids is 2. The number of amides is 2. The van der Waals surface area contributed by atoms with Crippen molar-refractivity contribution in [1.82, 2.24) is 14.5 Å². The van der Waals surface area contributed by atoms with E-state index in [4.69, 9.17) is 0 Å². The number of hydrogen-bond donors (Lipinski definition) is 1. The van der Waals surface area contributed by atoms with E-state index in [0.717, 1.165) is 24.0 Å². The summed E-state index contributed by atoms with van der Waals surface area (Å²) in [6.45, 7) is 7.12. The minimum atomic E-state index is -3.46. The van der Waals surface area contributed by atoms with E-state index in [-0.39, 0.29) is 23.1 Å². The van der Waals surface area contributed by atoms with Gasteiger partial charge in [-0.15, -0.1) is 6.58 Å². The molecule has 0 aromatic heterocycles. The van der Waals surface area contributed by atoms with E-state index < -0.39 is 16.1 Å². The normalized spacial score (nSPS) is 15.0. The number of carbonyl (C=O) groups is 2. The molecule has 182 valence electrons. The van der Waals surface area contributed by atoms with E-state index in [0.29, 0.717) is 32.6 Å². The molecule has 34 heavy (non-hydrogen) atoms. The summed E-state index contributed by atoms with van der Waals surface area (Å²) in [5.41, 5.74) is 1.81. The molecule has 0 aliphatic carbocycles. The molecule has 2 aromatic carbocycles. The predicted octanol–water partition coefficient (Wildman–Crippen LogP) is 3.12. The molecular formula is C26H33N3O4S. The molecule has 1 aliphatic rings. The first-order valence-corrected chi connectivity index (χ1v) is 13.1. The van der Waals surface area contributed by atoms with Crippen molar-refractivity contribution in [2.45, 2.75) is 50.1 Å². The average Bonchev–Trinajstić information content (AvgIpc) is 3.41. The minimum absolute atomic E-state index is 0.140. The van der Waals surface area contributed by atoms with Gasteiger partial charge in [0.05, 0.1) is 4.90 Å². The number of nitrogens with one attached hydrogen (secondary N) is 1. The molecular weight excluding hydrogens is 450 g/mol. The largest absolute Gasteiger partial charge is 0.351 e. The summed E-state index contributed by atoms with van der Waals surface area (Å²) in [6.07, 6.45) is 4.05. The molecule has 0 saturated carbocycles. The summed E-state index contributed by atoms with van der Waals surface area (Å²) < 4.78 is 26.9. The SMILES string of the molecule is C=CCNC(=O)[C@H](C)N(Cc1ccccc1)C(=O)CCc1ccc(S(=O)(=O)N2CCCC2)cc1. The summed E-state index contributed by atoms with van der Waals surface area (Å²) in [4.78, 5) is 27.6. The van der Waals surface area contributed by atoms with Gasteiger partial charge in [0, 0.05) is 32.6 Å². The zero-order chi connectivity index (χ0) is 24.6. The molecule has 7 nitrogen and oxygen atoms in total. The van der Waals surface area contributed by atoms with Gasteiger partial charge in [-0.25, -0.2) is 8.42 Å². The lowest BCUT2D eigenvalue weighted by Gasteiger charge is -2.29. The van der Waals surface area contributed by atoms with E-state index in [1.54, 1.807) is 42.2 Å². The van der Waals surface area contributed by atoms with Crippen molar-refractivity contribution in [2.75, 3.05) is 19.6 Å². The van der Waals surface area contributed by atoms with E-state index in [1.165, 1.54) is 4.31 Å². The van der Waals surface area contributed by atoms with Crippen molar-refractivity contribution in [3.63, 3.8) is 0 Å². The number of nitrogens with zero attached hydrogens (tertiary/aromatic N) is 2. The lowest BCUT2D eigenvalue weighted by Crippen LogP contribution is -2.47. The topological polar surface area (TPSA) is 86.8 Å². The third-order valence-corrected chi connectivity index (χ3v) is 7.95. The Balaban J connectivity index is 1.67. The van der Waals surface area contributed by atoms with Gasteiger partial charge < -0.3 is 10.2 Å². The summed E-state index contributed by atoms with van der Waals surface area (Å²) in [5.74, 6) is -0.375. The van der Waals surface area contributed by atoms with Gasteiger partial charge in [-0.05, 0) is 49.4 Å².